The van der Waals surface area contributed by atoms with Crippen LogP contribution in [0.4, 0.5) is 0 Å². The van der Waals surface area contributed by atoms with Crippen LogP contribution >= 0.6 is 0 Å². The van der Waals surface area contributed by atoms with Crippen LogP contribution in [0.2, 0.25) is 0 Å². The van der Waals surface area contributed by atoms with Crippen LogP contribution < -0.4 is 10.4 Å². The Morgan fingerprint density at radius 1 is 0.875 bits per heavy atom. The van der Waals surface area contributed by atoms with Gasteiger partial charge in [-0.15, -0.1) is 0 Å². The molecular formula is C22H16O2. The van der Waals surface area contributed by atoms with Crippen LogP contribution in [0, 0.1) is 5.41 Å². The normalized spacial score (nSPS) is 23.3. The molecule has 3 aliphatic rings. The first-order chi connectivity index (χ1) is 11.7. The molecule has 5 rings (SSSR count). The zero-order valence-electron chi connectivity index (χ0n) is 13.0. The van der Waals surface area contributed by atoms with E-state index in [4.69, 9.17) is 0 Å². The zero-order valence-corrected chi connectivity index (χ0v) is 13.0. The van der Waals surface area contributed by atoms with Gasteiger partial charge in [0.25, 0.3) is 0 Å². The molecule has 2 heteroatoms. The molecule has 24 heavy (non-hydrogen) atoms. The zero-order chi connectivity index (χ0) is 16.3. The van der Waals surface area contributed by atoms with E-state index in [1.165, 1.54) is 11.1 Å². The molecule has 0 radical (unpaired) electrons. The number of phenols is 2. The molecule has 0 amide bonds. The lowest BCUT2D eigenvalue weighted by Gasteiger charge is -2.38. The molecule has 0 saturated heterocycles. The van der Waals surface area contributed by atoms with Crippen molar-refractivity contribution in [2.75, 3.05) is 0 Å². The lowest BCUT2D eigenvalue weighted by molar-refractivity contribution is 0.408. The number of fused-ring (bicyclic) bond motifs is 3. The average Bonchev–Trinajstić information content (AvgIpc) is 2.61. The van der Waals surface area contributed by atoms with Crippen LogP contribution in [0.5, 0.6) is 11.5 Å². The molecule has 2 aromatic rings. The third-order valence-corrected chi connectivity index (χ3v) is 5.36. The molecule has 116 valence electrons. The average molecular weight is 312 g/mol. The molecule has 1 unspecified atom stereocenters. The number of aromatic hydroxyl groups is 2. The van der Waals surface area contributed by atoms with Crippen LogP contribution in [0.25, 0.3) is 22.9 Å². The van der Waals surface area contributed by atoms with Gasteiger partial charge in [-0.3, -0.25) is 0 Å². The minimum Gasteiger partial charge on any atom is -0.504 e. The van der Waals surface area contributed by atoms with Gasteiger partial charge in [0.1, 0.15) is 0 Å². The second-order valence-electron chi connectivity index (χ2n) is 6.59. The van der Waals surface area contributed by atoms with Gasteiger partial charge in [0.15, 0.2) is 11.5 Å². The molecule has 2 nitrogen and oxygen atoms in total. The Labute approximate surface area is 139 Å². The van der Waals surface area contributed by atoms with E-state index in [9.17, 15) is 10.2 Å². The highest BCUT2D eigenvalue weighted by molar-refractivity contribution is 5.92. The molecule has 0 fully saturated rings. The molecule has 0 saturated carbocycles. The number of phenolic OH excluding ortho intramolecular Hbond substituents is 2. The first-order valence-electron chi connectivity index (χ1n) is 8.13. The Morgan fingerprint density at radius 2 is 1.71 bits per heavy atom. The number of hydrogen-bond donors (Lipinski definition) is 2. The summed E-state index contributed by atoms with van der Waals surface area (Å²) in [7, 11) is 0. The molecule has 3 aliphatic carbocycles. The third-order valence-electron chi connectivity index (χ3n) is 5.36. The van der Waals surface area contributed by atoms with Gasteiger partial charge in [-0.1, -0.05) is 48.6 Å². The van der Waals surface area contributed by atoms with Crippen molar-refractivity contribution in [2.24, 2.45) is 5.41 Å². The highest BCUT2D eigenvalue weighted by Crippen LogP contribution is 2.47. The Kier molecular flexibility index (Phi) is 2.53. The Bertz CT molecular complexity index is 1140. The van der Waals surface area contributed by atoms with E-state index >= 15 is 0 Å². The fourth-order valence-corrected chi connectivity index (χ4v) is 4.11. The van der Waals surface area contributed by atoms with Crippen LogP contribution in [0.1, 0.15) is 6.42 Å². The molecule has 0 aliphatic heterocycles. The molecule has 2 N–H and O–H groups in total. The Hall–Kier alpha value is -3.00. The van der Waals surface area contributed by atoms with Gasteiger partial charge in [-0.05, 0) is 57.7 Å². The second-order valence-corrected chi connectivity index (χ2v) is 6.59. The van der Waals surface area contributed by atoms with E-state index in [1.54, 1.807) is 6.07 Å². The number of allylic oxidation sites excluding steroid dienone is 8. The molecule has 0 bridgehead atoms. The number of benzene rings is 2. The smallest absolute Gasteiger partial charge is 0.165 e. The van der Waals surface area contributed by atoms with Gasteiger partial charge in [-0.2, -0.15) is 0 Å². The van der Waals surface area contributed by atoms with Crippen molar-refractivity contribution < 1.29 is 10.2 Å². The predicted octanol–water partition coefficient (Wildman–Crippen LogP) is 3.19. The fraction of sp³-hybridized carbons (Fsp3) is 0.0909. The van der Waals surface area contributed by atoms with Gasteiger partial charge in [0.05, 0.1) is 0 Å². The molecule has 1 spiro atoms. The summed E-state index contributed by atoms with van der Waals surface area (Å²) in [6, 6.07) is 7.34. The SMILES string of the molecule is Oc1ccc2c3c(ccc2c1O)=CC1=CC=CC2=CC=CCC21C=3. The summed E-state index contributed by atoms with van der Waals surface area (Å²) in [5.41, 5.74) is 2.47. The minimum atomic E-state index is -0.127. The van der Waals surface area contributed by atoms with E-state index in [0.717, 1.165) is 22.2 Å². The van der Waals surface area contributed by atoms with E-state index < -0.39 is 0 Å². The van der Waals surface area contributed by atoms with Crippen LogP contribution in [-0.2, 0) is 0 Å². The van der Waals surface area contributed by atoms with Gasteiger partial charge < -0.3 is 10.2 Å². The minimum absolute atomic E-state index is 0.0506. The van der Waals surface area contributed by atoms with Crippen molar-refractivity contribution in [3.8, 4) is 11.5 Å². The summed E-state index contributed by atoms with van der Waals surface area (Å²) < 4.78 is 0. The Balaban J connectivity index is 1.93. The van der Waals surface area contributed by atoms with Crippen LogP contribution in [0.15, 0.2) is 71.9 Å². The molecule has 2 aromatic carbocycles. The maximum Gasteiger partial charge on any atom is 0.165 e. The van der Waals surface area contributed by atoms with Crippen molar-refractivity contribution in [1.29, 1.82) is 0 Å². The number of hydrogen-bond acceptors (Lipinski definition) is 2. The number of rotatable bonds is 0. The monoisotopic (exact) mass is 312 g/mol. The summed E-state index contributed by atoms with van der Waals surface area (Å²) in [4.78, 5) is 0. The lowest BCUT2D eigenvalue weighted by atomic mass is 9.65. The van der Waals surface area contributed by atoms with Gasteiger partial charge in [0, 0.05) is 10.8 Å². The Morgan fingerprint density at radius 3 is 2.62 bits per heavy atom. The summed E-state index contributed by atoms with van der Waals surface area (Å²) >= 11 is 0. The third kappa shape index (κ3) is 1.60. The van der Waals surface area contributed by atoms with Gasteiger partial charge >= 0.3 is 0 Å². The molecule has 1 atom stereocenters. The van der Waals surface area contributed by atoms with Crippen molar-refractivity contribution in [3.05, 3.63) is 82.3 Å². The van der Waals surface area contributed by atoms with E-state index in [-0.39, 0.29) is 16.9 Å². The fourth-order valence-electron chi connectivity index (χ4n) is 4.11. The van der Waals surface area contributed by atoms with Gasteiger partial charge in [-0.25, -0.2) is 0 Å². The van der Waals surface area contributed by atoms with Gasteiger partial charge in [0.2, 0.25) is 0 Å². The van der Waals surface area contributed by atoms with Crippen molar-refractivity contribution >= 4 is 22.9 Å². The van der Waals surface area contributed by atoms with E-state index in [1.807, 2.05) is 18.2 Å². The van der Waals surface area contributed by atoms with E-state index in [2.05, 4.69) is 48.6 Å². The largest absolute Gasteiger partial charge is 0.504 e. The molecule has 0 heterocycles. The highest BCUT2D eigenvalue weighted by atomic mass is 16.3. The summed E-state index contributed by atoms with van der Waals surface area (Å²) in [6.45, 7) is 0. The topological polar surface area (TPSA) is 40.5 Å². The predicted molar refractivity (Wildman–Crippen MR) is 97.0 cm³/mol. The summed E-state index contributed by atoms with van der Waals surface area (Å²) in [6.07, 6.45) is 18.5. The maximum atomic E-state index is 10.2. The van der Waals surface area contributed by atoms with Crippen molar-refractivity contribution in [1.82, 2.24) is 0 Å². The van der Waals surface area contributed by atoms with Crippen LogP contribution in [0.3, 0.4) is 0 Å². The highest BCUT2D eigenvalue weighted by Gasteiger charge is 2.36. The summed E-state index contributed by atoms with van der Waals surface area (Å²) in [5, 5.41) is 23.9. The maximum absolute atomic E-state index is 10.2. The second kappa shape index (κ2) is 4.51. The van der Waals surface area contributed by atoms with Crippen molar-refractivity contribution in [2.45, 2.75) is 6.42 Å². The summed E-state index contributed by atoms with van der Waals surface area (Å²) in [5.74, 6) is -0.131. The standard InChI is InChI=1S/C22H16O2/c23-20-10-9-17-18(21(20)24)8-7-14-12-16-6-3-5-15-4-1-2-11-22(15,16)13-19(14)17/h1-10,12-13,23-24H,11H2. The van der Waals surface area contributed by atoms with Crippen molar-refractivity contribution in [3.63, 3.8) is 0 Å². The van der Waals surface area contributed by atoms with E-state index in [0.29, 0.717) is 5.39 Å². The quantitative estimate of drug-likeness (QED) is 0.734. The first kappa shape index (κ1) is 13.4. The first-order valence-corrected chi connectivity index (χ1v) is 8.13. The molecular weight excluding hydrogens is 296 g/mol. The van der Waals surface area contributed by atoms with Crippen LogP contribution in [-0.4, -0.2) is 10.2 Å². The lowest BCUT2D eigenvalue weighted by Crippen LogP contribution is -2.38. The molecule has 0 aromatic heterocycles.